The monoisotopic (exact) mass is 599 g/mol. The third-order valence-corrected chi connectivity index (χ3v) is 7.51. The molecule has 0 unspecified atom stereocenters. The van der Waals surface area contributed by atoms with E-state index >= 15 is 0 Å². The number of carboxylic acid groups (broad SMARTS) is 1. The summed E-state index contributed by atoms with van der Waals surface area (Å²) in [4.78, 5) is 35.1. The van der Waals surface area contributed by atoms with Crippen LogP contribution in [0.5, 0.6) is 0 Å². The number of carbonyl (C=O) groups excluding carboxylic acids is 2. The van der Waals surface area contributed by atoms with Gasteiger partial charge in [-0.2, -0.15) is 25.9 Å². The first-order chi connectivity index (χ1) is 19.1. The average Bonchev–Trinajstić information content (AvgIpc) is 2.92. The number of terminal acetylenes is 1. The molecule has 11 nitrogen and oxygen atoms in total. The van der Waals surface area contributed by atoms with E-state index in [4.69, 9.17) is 21.5 Å². The predicted octanol–water partition coefficient (Wildman–Crippen LogP) is 1.37. The van der Waals surface area contributed by atoms with Crippen molar-refractivity contribution < 1.29 is 41.1 Å². The van der Waals surface area contributed by atoms with Gasteiger partial charge in [-0.05, 0) is 36.1 Å². The summed E-state index contributed by atoms with van der Waals surface area (Å²) in [5.41, 5.74) is 1.22. The molecule has 1 atom stereocenters. The summed E-state index contributed by atoms with van der Waals surface area (Å²) in [6.07, 6.45) is 1.08. The first kappa shape index (κ1) is 33.5. The SMILES string of the molecule is C#CCNC(=O)CNC(=O)CN(C1CCN([C@H](C)c2cccc3ccccc23)CC1)S(N)(=O)=O.O=C(O)C(F)(F)F. The highest BCUT2D eigenvalue weighted by Crippen LogP contribution is 2.31. The molecule has 1 aliphatic rings. The lowest BCUT2D eigenvalue weighted by molar-refractivity contribution is -0.192. The van der Waals surface area contributed by atoms with Crippen molar-refractivity contribution in [3.8, 4) is 12.3 Å². The first-order valence-electron chi connectivity index (χ1n) is 12.4. The highest BCUT2D eigenvalue weighted by Gasteiger charge is 2.38. The van der Waals surface area contributed by atoms with Crippen molar-refractivity contribution in [1.82, 2.24) is 19.8 Å². The Labute approximate surface area is 236 Å². The fraction of sp³-hybridized carbons (Fsp3) is 0.423. The van der Waals surface area contributed by atoms with Crippen LogP contribution in [0.15, 0.2) is 42.5 Å². The molecule has 0 aromatic heterocycles. The minimum Gasteiger partial charge on any atom is -0.475 e. The largest absolute Gasteiger partial charge is 0.490 e. The maximum absolute atomic E-state index is 12.3. The summed E-state index contributed by atoms with van der Waals surface area (Å²) in [6, 6.07) is 14.3. The molecule has 1 aliphatic heterocycles. The van der Waals surface area contributed by atoms with E-state index < -0.39 is 46.8 Å². The molecular weight excluding hydrogens is 567 g/mol. The van der Waals surface area contributed by atoms with E-state index in [0.717, 1.165) is 4.31 Å². The van der Waals surface area contributed by atoms with Crippen LogP contribution in [0.4, 0.5) is 13.2 Å². The van der Waals surface area contributed by atoms with E-state index in [2.05, 4.69) is 58.7 Å². The molecule has 3 rings (SSSR count). The lowest BCUT2D eigenvalue weighted by Gasteiger charge is -2.39. The fourth-order valence-electron chi connectivity index (χ4n) is 4.39. The Balaban J connectivity index is 0.000000745. The van der Waals surface area contributed by atoms with Crippen LogP contribution in [-0.4, -0.2) is 85.5 Å². The van der Waals surface area contributed by atoms with Gasteiger partial charge < -0.3 is 15.7 Å². The van der Waals surface area contributed by atoms with Crippen LogP contribution in [0, 0.1) is 12.3 Å². The number of hydrogen-bond acceptors (Lipinski definition) is 6. The van der Waals surface area contributed by atoms with Gasteiger partial charge in [-0.1, -0.05) is 48.4 Å². The zero-order valence-corrected chi connectivity index (χ0v) is 23.0. The number of rotatable bonds is 9. The van der Waals surface area contributed by atoms with Crippen LogP contribution in [0.2, 0.25) is 0 Å². The summed E-state index contributed by atoms with van der Waals surface area (Å²) in [6.45, 7) is 2.80. The molecule has 0 aliphatic carbocycles. The van der Waals surface area contributed by atoms with Gasteiger partial charge in [-0.3, -0.25) is 14.5 Å². The molecule has 15 heteroatoms. The first-order valence-corrected chi connectivity index (χ1v) is 13.9. The second kappa shape index (κ2) is 14.8. The third kappa shape index (κ3) is 10.3. The number of nitrogens with two attached hydrogens (primary N) is 1. The average molecular weight is 600 g/mol. The molecule has 1 saturated heterocycles. The van der Waals surface area contributed by atoms with Crippen LogP contribution in [0.1, 0.15) is 31.4 Å². The number of nitrogens with one attached hydrogen (secondary N) is 2. The molecule has 2 aromatic rings. The standard InChI is InChI=1S/C24H31N5O4S.C2HF3O2/c1-3-13-26-23(30)16-27-24(31)17-29(34(25,32)33)20-11-14-28(15-12-20)18(2)21-10-6-8-19-7-4-5-9-22(19)21;3-2(4,5)1(6)7/h1,4-10,18,20H,11-17H2,2H3,(H,26,30)(H,27,31)(H2,25,32,33);(H,6,7)/t18-;/m1./s1. The van der Waals surface area contributed by atoms with Crippen LogP contribution in [0.3, 0.4) is 0 Å². The van der Waals surface area contributed by atoms with Gasteiger partial charge in [0.1, 0.15) is 0 Å². The number of hydrogen-bond donors (Lipinski definition) is 4. The van der Waals surface area contributed by atoms with Crippen molar-refractivity contribution in [3.63, 3.8) is 0 Å². The smallest absolute Gasteiger partial charge is 0.475 e. The summed E-state index contributed by atoms with van der Waals surface area (Å²) < 4.78 is 57.2. The minimum atomic E-state index is -5.08. The Kier molecular flexibility index (Phi) is 12.1. The topological polar surface area (TPSA) is 162 Å². The van der Waals surface area contributed by atoms with Gasteiger partial charge in [0.15, 0.2) is 0 Å². The zero-order chi connectivity index (χ0) is 30.8. The van der Waals surface area contributed by atoms with Gasteiger partial charge in [0.05, 0.1) is 19.6 Å². The number of benzene rings is 2. The molecule has 5 N–H and O–H groups in total. The summed E-state index contributed by atoms with van der Waals surface area (Å²) in [5, 5.41) is 19.8. The Bertz CT molecular complexity index is 1370. The number of amides is 2. The molecule has 41 heavy (non-hydrogen) atoms. The maximum Gasteiger partial charge on any atom is 0.490 e. The summed E-state index contributed by atoms with van der Waals surface area (Å²) >= 11 is 0. The van der Waals surface area contributed by atoms with E-state index in [-0.39, 0.29) is 19.1 Å². The molecule has 224 valence electrons. The summed E-state index contributed by atoms with van der Waals surface area (Å²) in [7, 11) is -4.10. The van der Waals surface area contributed by atoms with E-state index in [9.17, 15) is 31.2 Å². The van der Waals surface area contributed by atoms with Crippen LogP contribution in [0.25, 0.3) is 10.8 Å². The highest BCUT2D eigenvalue weighted by molar-refractivity contribution is 7.86. The number of alkyl halides is 3. The Morgan fingerprint density at radius 1 is 1.12 bits per heavy atom. The Hall–Kier alpha value is -3.71. The fourth-order valence-corrected chi connectivity index (χ4v) is 5.31. The molecular formula is C26H32F3N5O6S. The normalized spacial score (nSPS) is 15.3. The predicted molar refractivity (Wildman–Crippen MR) is 145 cm³/mol. The second-order valence-corrected chi connectivity index (χ2v) is 10.7. The molecule has 0 radical (unpaired) electrons. The van der Waals surface area contributed by atoms with E-state index in [1.54, 1.807) is 0 Å². The molecule has 0 saturated carbocycles. The van der Waals surface area contributed by atoms with Crippen molar-refractivity contribution in [2.75, 3.05) is 32.7 Å². The van der Waals surface area contributed by atoms with Crippen LogP contribution >= 0.6 is 0 Å². The number of carbonyl (C=O) groups is 3. The molecule has 1 fully saturated rings. The third-order valence-electron chi connectivity index (χ3n) is 6.43. The Morgan fingerprint density at radius 3 is 2.27 bits per heavy atom. The molecule has 2 aromatic carbocycles. The van der Waals surface area contributed by atoms with Crippen molar-refractivity contribution >= 4 is 38.8 Å². The van der Waals surface area contributed by atoms with E-state index in [0.29, 0.717) is 25.9 Å². The minimum absolute atomic E-state index is 0.0494. The number of fused-ring (bicyclic) bond motifs is 1. The van der Waals surface area contributed by atoms with Gasteiger partial charge in [0.2, 0.25) is 11.8 Å². The van der Waals surface area contributed by atoms with Gasteiger partial charge in [0.25, 0.3) is 10.2 Å². The molecule has 0 bridgehead atoms. The number of likely N-dealkylation sites (tertiary alicyclic amines) is 1. The van der Waals surface area contributed by atoms with Crippen molar-refractivity contribution in [3.05, 3.63) is 48.0 Å². The van der Waals surface area contributed by atoms with Crippen LogP contribution < -0.4 is 15.8 Å². The number of piperidine rings is 1. The molecule has 2 amide bonds. The van der Waals surface area contributed by atoms with Crippen LogP contribution in [-0.2, 0) is 24.6 Å². The lowest BCUT2D eigenvalue weighted by Crippen LogP contribution is -2.53. The van der Waals surface area contributed by atoms with Gasteiger partial charge in [0, 0.05) is 25.2 Å². The van der Waals surface area contributed by atoms with Crippen molar-refractivity contribution in [1.29, 1.82) is 0 Å². The van der Waals surface area contributed by atoms with Gasteiger partial charge in [-0.25, -0.2) is 9.93 Å². The molecule has 1 heterocycles. The number of aliphatic carboxylic acids is 1. The molecule has 0 spiro atoms. The number of carboxylic acids is 1. The summed E-state index contributed by atoms with van der Waals surface area (Å²) in [5.74, 6) is -1.55. The quantitative estimate of drug-likeness (QED) is 0.317. The highest BCUT2D eigenvalue weighted by atomic mass is 32.2. The van der Waals surface area contributed by atoms with Gasteiger partial charge in [-0.15, -0.1) is 6.42 Å². The lowest BCUT2D eigenvalue weighted by atomic mass is 9.96. The van der Waals surface area contributed by atoms with Gasteiger partial charge >= 0.3 is 12.1 Å². The van der Waals surface area contributed by atoms with E-state index in [1.807, 2.05) is 12.1 Å². The van der Waals surface area contributed by atoms with Crippen molar-refractivity contribution in [2.45, 2.75) is 38.0 Å². The van der Waals surface area contributed by atoms with Crippen molar-refractivity contribution in [2.24, 2.45) is 5.14 Å². The zero-order valence-electron chi connectivity index (χ0n) is 22.2. The maximum atomic E-state index is 12.3. The Morgan fingerprint density at radius 2 is 1.71 bits per heavy atom. The number of nitrogens with zero attached hydrogens (tertiary/aromatic N) is 2. The van der Waals surface area contributed by atoms with E-state index in [1.165, 1.54) is 16.3 Å². The second-order valence-electron chi connectivity index (χ2n) is 9.16. The number of halogens is 3.